The highest BCUT2D eigenvalue weighted by molar-refractivity contribution is 6.28. The molecule has 146 valence electrons. The second-order valence-corrected chi connectivity index (χ2v) is 8.05. The van der Waals surface area contributed by atoms with Gasteiger partial charge in [0.15, 0.2) is 0 Å². The van der Waals surface area contributed by atoms with Crippen LogP contribution >= 0.6 is 11.6 Å². The third-order valence-corrected chi connectivity index (χ3v) is 4.56. The largest absolute Gasteiger partial charge is 0.444 e. The lowest BCUT2D eigenvalue weighted by atomic mass is 10.1. The average molecular weight is 401 g/mol. The van der Waals surface area contributed by atoms with Crippen molar-refractivity contribution in [2.45, 2.75) is 39.3 Å². The fourth-order valence-electron chi connectivity index (χ4n) is 3.14. The molecule has 0 aliphatic carbocycles. The third kappa shape index (κ3) is 3.87. The molecular weight excluding hydrogens is 380 g/mol. The predicted octanol–water partition coefficient (Wildman–Crippen LogP) is 4.04. The van der Waals surface area contributed by atoms with Gasteiger partial charge in [-0.05, 0) is 57.0 Å². The Bertz CT molecular complexity index is 1040. The number of nitrogens with one attached hydrogen (secondary N) is 2. The van der Waals surface area contributed by atoms with E-state index in [2.05, 4.69) is 25.5 Å². The van der Waals surface area contributed by atoms with Gasteiger partial charge in [-0.3, -0.25) is 5.10 Å². The van der Waals surface area contributed by atoms with E-state index in [1.807, 2.05) is 39.0 Å². The number of hydrogen-bond donors (Lipinski definition) is 2. The zero-order valence-electron chi connectivity index (χ0n) is 15.9. The predicted molar refractivity (Wildman–Crippen MR) is 107 cm³/mol. The van der Waals surface area contributed by atoms with Crippen molar-refractivity contribution in [2.75, 3.05) is 11.9 Å². The first-order valence-electron chi connectivity index (χ1n) is 9.02. The molecule has 0 spiro atoms. The number of benzene rings is 1. The molecular formula is C19H21ClN6O2. The minimum atomic E-state index is -0.543. The molecule has 2 N–H and O–H groups in total. The molecule has 4 rings (SSSR count). The molecule has 0 saturated carbocycles. The van der Waals surface area contributed by atoms with E-state index < -0.39 is 5.60 Å². The van der Waals surface area contributed by atoms with Crippen molar-refractivity contribution in [3.8, 4) is 0 Å². The number of hydrogen-bond acceptors (Lipinski definition) is 6. The van der Waals surface area contributed by atoms with Crippen LogP contribution in [0.25, 0.3) is 10.9 Å². The maximum absolute atomic E-state index is 12.4. The quantitative estimate of drug-likeness (QED) is 0.630. The molecule has 1 aliphatic rings. The van der Waals surface area contributed by atoms with E-state index in [0.29, 0.717) is 25.3 Å². The number of aromatic nitrogens is 4. The summed E-state index contributed by atoms with van der Waals surface area (Å²) in [5.41, 5.74) is 2.97. The van der Waals surface area contributed by atoms with Crippen LogP contribution in [0.5, 0.6) is 0 Å². The number of H-pyrrole nitrogens is 1. The van der Waals surface area contributed by atoms with Gasteiger partial charge < -0.3 is 15.0 Å². The van der Waals surface area contributed by atoms with Gasteiger partial charge in [0.1, 0.15) is 11.4 Å². The van der Waals surface area contributed by atoms with Crippen LogP contribution in [0, 0.1) is 0 Å². The number of carbonyl (C=O) groups is 1. The molecule has 1 aromatic carbocycles. The summed E-state index contributed by atoms with van der Waals surface area (Å²) in [6.07, 6.45) is 2.02. The van der Waals surface area contributed by atoms with E-state index in [-0.39, 0.29) is 11.4 Å². The Labute approximate surface area is 167 Å². The molecule has 8 nitrogen and oxygen atoms in total. The molecule has 0 fully saturated rings. The maximum Gasteiger partial charge on any atom is 0.410 e. The monoisotopic (exact) mass is 400 g/mol. The summed E-state index contributed by atoms with van der Waals surface area (Å²) < 4.78 is 5.47. The van der Waals surface area contributed by atoms with Crippen LogP contribution in [0.15, 0.2) is 24.4 Å². The lowest BCUT2D eigenvalue weighted by Gasteiger charge is -2.31. The fraction of sp³-hybridized carbons (Fsp3) is 0.368. The topological polar surface area (TPSA) is 96.0 Å². The Morgan fingerprint density at radius 1 is 1.32 bits per heavy atom. The highest BCUT2D eigenvalue weighted by Crippen LogP contribution is 2.29. The van der Waals surface area contributed by atoms with Gasteiger partial charge in [-0.1, -0.05) is 0 Å². The van der Waals surface area contributed by atoms with E-state index in [9.17, 15) is 4.79 Å². The number of rotatable bonds is 2. The molecule has 0 unspecified atom stereocenters. The van der Waals surface area contributed by atoms with Gasteiger partial charge in [-0.15, -0.1) is 0 Å². The smallest absolute Gasteiger partial charge is 0.410 e. The molecule has 0 radical (unpaired) electrons. The van der Waals surface area contributed by atoms with Crippen molar-refractivity contribution in [2.24, 2.45) is 0 Å². The number of carbonyl (C=O) groups excluding carboxylic acids is 1. The molecule has 3 aromatic rings. The minimum Gasteiger partial charge on any atom is -0.444 e. The Kier molecular flexibility index (Phi) is 4.58. The first-order chi connectivity index (χ1) is 13.3. The molecule has 0 bridgehead atoms. The van der Waals surface area contributed by atoms with Gasteiger partial charge in [0.25, 0.3) is 0 Å². The molecule has 28 heavy (non-hydrogen) atoms. The van der Waals surface area contributed by atoms with Crippen LogP contribution in [0.4, 0.5) is 16.3 Å². The lowest BCUT2D eigenvalue weighted by molar-refractivity contribution is 0.0221. The molecule has 0 atom stereocenters. The van der Waals surface area contributed by atoms with Crippen LogP contribution in [0.2, 0.25) is 5.28 Å². The van der Waals surface area contributed by atoms with E-state index in [4.69, 9.17) is 16.3 Å². The van der Waals surface area contributed by atoms with E-state index >= 15 is 0 Å². The summed E-state index contributed by atoms with van der Waals surface area (Å²) in [7, 11) is 0. The van der Waals surface area contributed by atoms with Crippen LogP contribution < -0.4 is 5.32 Å². The van der Waals surface area contributed by atoms with E-state index in [1.165, 1.54) is 0 Å². The number of anilines is 2. The highest BCUT2D eigenvalue weighted by Gasteiger charge is 2.28. The zero-order chi connectivity index (χ0) is 19.9. The third-order valence-electron chi connectivity index (χ3n) is 4.39. The van der Waals surface area contributed by atoms with E-state index in [1.54, 1.807) is 11.1 Å². The summed E-state index contributed by atoms with van der Waals surface area (Å²) in [6.45, 7) is 6.41. The molecule has 0 saturated heterocycles. The van der Waals surface area contributed by atoms with Gasteiger partial charge in [-0.25, -0.2) is 14.8 Å². The second-order valence-electron chi connectivity index (χ2n) is 7.72. The number of amides is 1. The van der Waals surface area contributed by atoms with Crippen molar-refractivity contribution in [3.63, 3.8) is 0 Å². The average Bonchev–Trinajstić information content (AvgIpc) is 3.07. The maximum atomic E-state index is 12.4. The first kappa shape index (κ1) is 18.5. The summed E-state index contributed by atoms with van der Waals surface area (Å²) in [6, 6.07) is 5.87. The molecule has 9 heteroatoms. The van der Waals surface area contributed by atoms with Crippen molar-refractivity contribution in [1.29, 1.82) is 0 Å². The Hall–Kier alpha value is -2.87. The normalized spacial score (nSPS) is 14.1. The van der Waals surface area contributed by atoms with E-state index in [0.717, 1.165) is 27.8 Å². The molecule has 2 aromatic heterocycles. The standard InChI is InChI=1S/C19H21ClN6O2/c1-19(2,3)28-18(27)26-7-6-13-15(10-26)23-17(20)24-16(13)22-12-4-5-14-11(8-12)9-21-25-14/h4-5,8-9H,6-7,10H2,1-3H3,(H,21,25)(H,22,23,24). The molecule has 1 aliphatic heterocycles. The summed E-state index contributed by atoms with van der Waals surface area (Å²) in [5, 5.41) is 11.4. The summed E-state index contributed by atoms with van der Waals surface area (Å²) in [4.78, 5) is 22.7. The number of aromatic amines is 1. The number of ether oxygens (including phenoxy) is 1. The number of nitrogens with zero attached hydrogens (tertiary/aromatic N) is 4. The van der Waals surface area contributed by atoms with Crippen LogP contribution in [0.1, 0.15) is 32.0 Å². The molecule has 3 heterocycles. The van der Waals surface area contributed by atoms with Gasteiger partial charge >= 0.3 is 6.09 Å². The van der Waals surface area contributed by atoms with Gasteiger partial charge in [0, 0.05) is 23.2 Å². The van der Waals surface area contributed by atoms with Crippen molar-refractivity contribution < 1.29 is 9.53 Å². The Morgan fingerprint density at radius 3 is 2.93 bits per heavy atom. The zero-order valence-corrected chi connectivity index (χ0v) is 16.7. The molecule has 1 amide bonds. The summed E-state index contributed by atoms with van der Waals surface area (Å²) >= 11 is 6.15. The van der Waals surface area contributed by atoms with Crippen molar-refractivity contribution in [1.82, 2.24) is 25.1 Å². The van der Waals surface area contributed by atoms with Gasteiger partial charge in [-0.2, -0.15) is 5.10 Å². The van der Waals surface area contributed by atoms with Crippen molar-refractivity contribution in [3.05, 3.63) is 40.9 Å². The van der Waals surface area contributed by atoms with Gasteiger partial charge in [0.2, 0.25) is 5.28 Å². The Balaban J connectivity index is 1.59. The van der Waals surface area contributed by atoms with Gasteiger partial charge in [0.05, 0.1) is 24.0 Å². The van der Waals surface area contributed by atoms with Crippen LogP contribution in [-0.2, 0) is 17.7 Å². The number of halogens is 1. The minimum absolute atomic E-state index is 0.136. The highest BCUT2D eigenvalue weighted by atomic mass is 35.5. The van der Waals surface area contributed by atoms with Crippen LogP contribution in [0.3, 0.4) is 0 Å². The van der Waals surface area contributed by atoms with Crippen LogP contribution in [-0.4, -0.2) is 43.3 Å². The first-order valence-corrected chi connectivity index (χ1v) is 9.40. The SMILES string of the molecule is CC(C)(C)OC(=O)N1CCc2c(nc(Cl)nc2Nc2ccc3[nH]ncc3c2)C1. The lowest BCUT2D eigenvalue weighted by Crippen LogP contribution is -2.40. The van der Waals surface area contributed by atoms with Crippen molar-refractivity contribution >= 4 is 40.1 Å². The fourth-order valence-corrected chi connectivity index (χ4v) is 3.33. The Morgan fingerprint density at radius 2 is 2.14 bits per heavy atom. The summed E-state index contributed by atoms with van der Waals surface area (Å²) in [5.74, 6) is 0.654. The second kappa shape index (κ2) is 6.94. The number of fused-ring (bicyclic) bond motifs is 2.